The molecule has 0 saturated carbocycles. The molecular weight excluding hydrogens is 506 g/mol. The minimum atomic E-state index is -0.380. The number of rotatable bonds is 4. The van der Waals surface area contributed by atoms with Gasteiger partial charge in [0.25, 0.3) is 5.91 Å². The number of nitrogens with one attached hydrogen (secondary N) is 1. The number of nitrogens with zero attached hydrogens (tertiary/aromatic N) is 5. The van der Waals surface area contributed by atoms with Gasteiger partial charge >= 0.3 is 0 Å². The van der Waals surface area contributed by atoms with Gasteiger partial charge in [0.05, 0.1) is 44.8 Å². The smallest absolute Gasteiger partial charge is 0.257 e. The number of anilines is 1. The van der Waals surface area contributed by atoms with Crippen molar-refractivity contribution in [2.45, 2.75) is 13.0 Å². The number of nitrogen functional groups attached to an aromatic ring is 1. The van der Waals surface area contributed by atoms with Crippen molar-refractivity contribution in [1.29, 1.82) is 0 Å². The first kappa shape index (κ1) is 24.3. The van der Waals surface area contributed by atoms with Gasteiger partial charge in [-0.05, 0) is 25.1 Å². The van der Waals surface area contributed by atoms with E-state index >= 15 is 0 Å². The number of fused-ring (bicyclic) bond motifs is 2. The average Bonchev–Trinajstić information content (AvgIpc) is 3.56. The topological polar surface area (TPSA) is 112 Å². The van der Waals surface area contributed by atoms with E-state index in [-0.39, 0.29) is 23.3 Å². The summed E-state index contributed by atoms with van der Waals surface area (Å²) < 4.78 is 2.70. The number of hydrogen-bond acceptors (Lipinski definition) is 7. The average molecular weight is 530 g/mol. The highest BCUT2D eigenvalue weighted by atomic mass is 32.1. The van der Waals surface area contributed by atoms with Crippen molar-refractivity contribution in [3.63, 3.8) is 0 Å². The Morgan fingerprint density at radius 1 is 1.08 bits per heavy atom. The summed E-state index contributed by atoms with van der Waals surface area (Å²) in [5, 5.41) is 10.0. The number of carbonyl (C=O) groups is 1. The molecule has 6 rings (SSSR count). The van der Waals surface area contributed by atoms with Crippen LogP contribution in [0.3, 0.4) is 0 Å². The van der Waals surface area contributed by atoms with Gasteiger partial charge in [0.2, 0.25) is 0 Å². The normalized spacial score (nSPS) is 11.7. The minimum absolute atomic E-state index is 0.137. The van der Waals surface area contributed by atoms with Crippen molar-refractivity contribution in [3.8, 4) is 23.1 Å². The molecular formula is C30H23N7OS. The van der Waals surface area contributed by atoms with Gasteiger partial charge in [-0.15, -0.1) is 11.3 Å². The highest BCUT2D eigenvalue weighted by molar-refractivity contribution is 7.17. The Hall–Kier alpha value is -5.07. The van der Waals surface area contributed by atoms with Gasteiger partial charge in [0.15, 0.2) is 0 Å². The zero-order chi connectivity index (χ0) is 26.9. The maximum atomic E-state index is 13.5. The molecule has 0 unspecified atom stereocenters. The van der Waals surface area contributed by atoms with Gasteiger partial charge in [-0.1, -0.05) is 42.2 Å². The van der Waals surface area contributed by atoms with E-state index in [2.05, 4.69) is 38.3 Å². The van der Waals surface area contributed by atoms with Crippen LogP contribution >= 0.6 is 11.3 Å². The third-order valence-corrected chi connectivity index (χ3v) is 7.30. The molecule has 1 amide bonds. The Bertz CT molecular complexity index is 1910. The van der Waals surface area contributed by atoms with Crippen LogP contribution in [0.1, 0.15) is 40.0 Å². The number of aryl methyl sites for hydroxylation is 1. The first-order valence-electron chi connectivity index (χ1n) is 12.3. The van der Waals surface area contributed by atoms with Crippen molar-refractivity contribution >= 4 is 44.2 Å². The molecule has 3 N–H and O–H groups in total. The fraction of sp³-hybridized carbons (Fsp3) is 0.100. The number of pyridine rings is 3. The second-order valence-corrected chi connectivity index (χ2v) is 10.0. The van der Waals surface area contributed by atoms with Gasteiger partial charge < -0.3 is 11.1 Å². The number of thiophene rings is 1. The Morgan fingerprint density at radius 2 is 1.92 bits per heavy atom. The second kappa shape index (κ2) is 10.0. The van der Waals surface area contributed by atoms with E-state index in [1.165, 1.54) is 0 Å². The molecule has 0 radical (unpaired) electrons. The monoisotopic (exact) mass is 529 g/mol. The van der Waals surface area contributed by atoms with Crippen LogP contribution < -0.4 is 11.1 Å². The molecule has 5 aromatic heterocycles. The number of hydrogen-bond donors (Lipinski definition) is 2. The lowest BCUT2D eigenvalue weighted by Gasteiger charge is -2.19. The quantitative estimate of drug-likeness (QED) is 0.307. The Balaban J connectivity index is 1.41. The molecule has 0 aliphatic rings. The summed E-state index contributed by atoms with van der Waals surface area (Å²) in [5.74, 6) is 6.22. The van der Waals surface area contributed by atoms with E-state index in [9.17, 15) is 4.79 Å². The largest absolute Gasteiger partial charge is 0.383 e. The molecule has 9 heteroatoms. The summed E-state index contributed by atoms with van der Waals surface area (Å²) in [6.07, 6.45) is 6.87. The molecule has 0 bridgehead atoms. The molecule has 1 atom stereocenters. The van der Waals surface area contributed by atoms with Crippen LogP contribution in [0.15, 0.2) is 78.7 Å². The Kier molecular flexibility index (Phi) is 6.23. The Labute approximate surface area is 228 Å². The predicted molar refractivity (Wildman–Crippen MR) is 154 cm³/mol. The zero-order valence-electron chi connectivity index (χ0n) is 21.2. The Morgan fingerprint density at radius 3 is 2.72 bits per heavy atom. The van der Waals surface area contributed by atoms with Gasteiger partial charge in [-0.2, -0.15) is 5.10 Å². The fourth-order valence-electron chi connectivity index (χ4n) is 4.47. The first-order valence-corrected chi connectivity index (χ1v) is 13.1. The number of carbonyl (C=O) groups excluding carboxylic acids is 1. The van der Waals surface area contributed by atoms with Crippen LogP contribution in [0.4, 0.5) is 5.82 Å². The molecule has 0 fully saturated rings. The van der Waals surface area contributed by atoms with Crippen LogP contribution in [0.2, 0.25) is 0 Å². The van der Waals surface area contributed by atoms with Crippen LogP contribution in [-0.2, 0) is 7.05 Å². The van der Waals surface area contributed by atoms with Crippen LogP contribution in [0.25, 0.3) is 32.4 Å². The molecule has 0 aliphatic heterocycles. The van der Waals surface area contributed by atoms with E-state index in [0.29, 0.717) is 5.52 Å². The molecule has 6 aromatic rings. The highest BCUT2D eigenvalue weighted by Gasteiger charge is 2.22. The number of amides is 1. The van der Waals surface area contributed by atoms with E-state index in [1.807, 2.05) is 61.9 Å². The maximum Gasteiger partial charge on any atom is 0.257 e. The molecule has 0 saturated heterocycles. The lowest BCUT2D eigenvalue weighted by molar-refractivity contribution is 0.0942. The summed E-state index contributed by atoms with van der Waals surface area (Å²) in [6, 6.07) is 15.3. The van der Waals surface area contributed by atoms with E-state index in [4.69, 9.17) is 10.7 Å². The summed E-state index contributed by atoms with van der Waals surface area (Å²) in [6.45, 7) is 1.94. The van der Waals surface area contributed by atoms with Crippen molar-refractivity contribution in [3.05, 3.63) is 101 Å². The van der Waals surface area contributed by atoms with Gasteiger partial charge in [-0.25, -0.2) is 9.97 Å². The van der Waals surface area contributed by atoms with E-state index in [1.54, 1.807) is 40.7 Å². The maximum absolute atomic E-state index is 13.5. The second-order valence-electron chi connectivity index (χ2n) is 9.10. The van der Waals surface area contributed by atoms with Gasteiger partial charge in [0, 0.05) is 47.5 Å². The summed E-state index contributed by atoms with van der Waals surface area (Å²) in [7, 11) is 1.86. The molecule has 0 spiro atoms. The zero-order valence-corrected chi connectivity index (χ0v) is 22.0. The molecule has 190 valence electrons. The van der Waals surface area contributed by atoms with Crippen molar-refractivity contribution < 1.29 is 4.79 Å². The fourth-order valence-corrected chi connectivity index (χ4v) is 5.35. The van der Waals surface area contributed by atoms with E-state index < -0.39 is 0 Å². The first-order chi connectivity index (χ1) is 19.0. The van der Waals surface area contributed by atoms with Crippen molar-refractivity contribution in [2.75, 3.05) is 5.73 Å². The van der Waals surface area contributed by atoms with Crippen molar-refractivity contribution in [1.82, 2.24) is 30.0 Å². The third kappa shape index (κ3) is 4.69. The molecule has 8 nitrogen and oxygen atoms in total. The van der Waals surface area contributed by atoms with Crippen LogP contribution in [-0.4, -0.2) is 30.6 Å². The van der Waals surface area contributed by atoms with Crippen LogP contribution in [0, 0.1) is 11.8 Å². The summed E-state index contributed by atoms with van der Waals surface area (Å²) in [5.41, 5.74) is 12.0. The lowest BCUT2D eigenvalue weighted by Crippen LogP contribution is -2.28. The molecule has 1 aromatic carbocycles. The molecule has 39 heavy (non-hydrogen) atoms. The minimum Gasteiger partial charge on any atom is -0.383 e. The third-order valence-electron chi connectivity index (χ3n) is 6.39. The van der Waals surface area contributed by atoms with Crippen molar-refractivity contribution in [2.24, 2.45) is 7.05 Å². The van der Waals surface area contributed by atoms with Crippen LogP contribution in [0.5, 0.6) is 0 Å². The predicted octanol–water partition coefficient (Wildman–Crippen LogP) is 5.11. The SMILES string of the molecule is C[C@H](NC(=O)c1c(N)ncc2cccnc12)c1cc2scc(C#Cc3cnn(C)c3)c2nc1-c1ccccc1. The molecule has 0 aliphatic carbocycles. The standard InChI is InChI=1S/C30H23N7OS/c1-18(35-30(38)25-28-21(9-6-12-32-28)15-33-29(25)31)23-13-24-27(36-26(23)20-7-4-3-5-8-20)22(17-39-24)11-10-19-14-34-37(2)16-19/h3-9,12-18H,1-2H3,(H2,31,33)(H,35,38)/t18-/m0/s1. The van der Waals surface area contributed by atoms with Gasteiger partial charge in [-0.3, -0.25) is 14.5 Å². The van der Waals surface area contributed by atoms with E-state index in [0.717, 1.165) is 43.6 Å². The number of benzene rings is 1. The van der Waals surface area contributed by atoms with Gasteiger partial charge in [0.1, 0.15) is 11.4 Å². The lowest BCUT2D eigenvalue weighted by atomic mass is 9.99. The summed E-state index contributed by atoms with van der Waals surface area (Å²) in [4.78, 5) is 27.2. The highest BCUT2D eigenvalue weighted by Crippen LogP contribution is 2.34. The summed E-state index contributed by atoms with van der Waals surface area (Å²) >= 11 is 1.57. The number of aromatic nitrogens is 5. The molecule has 5 heterocycles. The number of nitrogens with two attached hydrogens (primary N) is 1.